The molecule has 1 amide bonds. The van der Waals surface area contributed by atoms with Crippen LogP contribution in [0.2, 0.25) is 0 Å². The van der Waals surface area contributed by atoms with Crippen molar-refractivity contribution in [1.82, 2.24) is 10.2 Å². The predicted molar refractivity (Wildman–Crippen MR) is 87.4 cm³/mol. The second-order valence-electron chi connectivity index (χ2n) is 6.15. The molecular weight excluding hydrogens is 260 g/mol. The third kappa shape index (κ3) is 5.16. The van der Waals surface area contributed by atoms with Crippen molar-refractivity contribution in [2.45, 2.75) is 52.0 Å². The molecule has 0 aromatic heterocycles. The number of nitrogens with one attached hydrogen (secondary N) is 1. The lowest BCUT2D eigenvalue weighted by Crippen LogP contribution is -2.46. The molecule has 3 heteroatoms. The van der Waals surface area contributed by atoms with Gasteiger partial charge < -0.3 is 10.2 Å². The number of hydrogen-bond acceptors (Lipinski definition) is 2. The molecular formula is C18H28N2O. The maximum atomic E-state index is 12.6. The van der Waals surface area contributed by atoms with Crippen LogP contribution in [0.5, 0.6) is 0 Å². The topological polar surface area (TPSA) is 32.3 Å². The van der Waals surface area contributed by atoms with Gasteiger partial charge in [-0.2, -0.15) is 0 Å². The van der Waals surface area contributed by atoms with E-state index in [0.717, 1.165) is 31.6 Å². The molecule has 0 aliphatic carbocycles. The highest BCUT2D eigenvalue weighted by Crippen LogP contribution is 2.11. The molecule has 1 aliphatic rings. The largest absolute Gasteiger partial charge is 0.341 e. The molecule has 1 aromatic rings. The molecule has 1 atom stereocenters. The lowest BCUT2D eigenvalue weighted by molar-refractivity contribution is -0.131. The molecule has 21 heavy (non-hydrogen) atoms. The van der Waals surface area contributed by atoms with Gasteiger partial charge in [0.1, 0.15) is 0 Å². The monoisotopic (exact) mass is 288 g/mol. The maximum absolute atomic E-state index is 12.6. The Labute approximate surface area is 128 Å². The number of nitrogens with zero attached hydrogens (tertiary/aromatic N) is 1. The number of carbonyl (C=O) groups is 1. The summed E-state index contributed by atoms with van der Waals surface area (Å²) >= 11 is 0. The minimum Gasteiger partial charge on any atom is -0.341 e. The number of rotatable bonds is 6. The lowest BCUT2D eigenvalue weighted by Gasteiger charge is -2.30. The second kappa shape index (κ2) is 8.18. The minimum atomic E-state index is 0.259. The molecule has 1 fully saturated rings. The van der Waals surface area contributed by atoms with Gasteiger partial charge in [-0.05, 0) is 38.3 Å². The zero-order chi connectivity index (χ0) is 15.1. The molecule has 2 rings (SSSR count). The van der Waals surface area contributed by atoms with E-state index in [9.17, 15) is 4.79 Å². The van der Waals surface area contributed by atoms with Crippen LogP contribution in [0, 0.1) is 6.92 Å². The van der Waals surface area contributed by atoms with Crippen molar-refractivity contribution in [3.8, 4) is 0 Å². The molecule has 1 aromatic carbocycles. The van der Waals surface area contributed by atoms with Crippen LogP contribution in [0.3, 0.4) is 0 Å². The van der Waals surface area contributed by atoms with E-state index in [0.29, 0.717) is 12.5 Å². The fourth-order valence-electron chi connectivity index (χ4n) is 3.04. The van der Waals surface area contributed by atoms with E-state index in [2.05, 4.69) is 31.3 Å². The highest BCUT2D eigenvalue weighted by atomic mass is 16.2. The molecule has 116 valence electrons. The van der Waals surface area contributed by atoms with Crippen molar-refractivity contribution < 1.29 is 4.79 Å². The van der Waals surface area contributed by atoms with Crippen molar-refractivity contribution in [3.63, 3.8) is 0 Å². The Kier molecular flexibility index (Phi) is 6.24. The smallest absolute Gasteiger partial charge is 0.227 e. The van der Waals surface area contributed by atoms with Gasteiger partial charge >= 0.3 is 0 Å². The first-order chi connectivity index (χ1) is 10.2. The quantitative estimate of drug-likeness (QED) is 0.873. The zero-order valence-corrected chi connectivity index (χ0v) is 13.4. The number of amides is 1. The van der Waals surface area contributed by atoms with Gasteiger partial charge in [0, 0.05) is 19.1 Å². The van der Waals surface area contributed by atoms with Crippen LogP contribution >= 0.6 is 0 Å². The van der Waals surface area contributed by atoms with Gasteiger partial charge in [-0.25, -0.2) is 0 Å². The molecule has 0 radical (unpaired) electrons. The first-order valence-corrected chi connectivity index (χ1v) is 8.25. The van der Waals surface area contributed by atoms with Gasteiger partial charge in [-0.3, -0.25) is 4.79 Å². The second-order valence-corrected chi connectivity index (χ2v) is 6.15. The summed E-state index contributed by atoms with van der Waals surface area (Å²) in [5.74, 6) is 0.259. The summed E-state index contributed by atoms with van der Waals surface area (Å²) in [7, 11) is 0. The zero-order valence-electron chi connectivity index (χ0n) is 13.4. The molecule has 0 saturated carbocycles. The molecule has 3 nitrogen and oxygen atoms in total. The molecule has 0 spiro atoms. The summed E-state index contributed by atoms with van der Waals surface area (Å²) in [5, 5.41) is 3.54. The molecule has 1 heterocycles. The third-order valence-electron chi connectivity index (χ3n) is 4.14. The Morgan fingerprint density at radius 2 is 2.24 bits per heavy atom. The number of hydrogen-bond donors (Lipinski definition) is 1. The fraction of sp³-hybridized carbons (Fsp3) is 0.611. The van der Waals surface area contributed by atoms with Crippen LogP contribution in [0.15, 0.2) is 24.3 Å². The summed E-state index contributed by atoms with van der Waals surface area (Å²) in [6.07, 6.45) is 5.28. The number of carbonyl (C=O) groups excluding carboxylic acids is 1. The number of aryl methyl sites for hydroxylation is 1. The third-order valence-corrected chi connectivity index (χ3v) is 4.14. The van der Waals surface area contributed by atoms with Crippen molar-refractivity contribution >= 4 is 5.91 Å². The van der Waals surface area contributed by atoms with E-state index in [1.54, 1.807) is 0 Å². The van der Waals surface area contributed by atoms with Crippen LogP contribution in [-0.2, 0) is 11.2 Å². The fourth-order valence-corrected chi connectivity index (χ4v) is 3.04. The molecule has 1 aliphatic heterocycles. The van der Waals surface area contributed by atoms with E-state index < -0.39 is 0 Å². The van der Waals surface area contributed by atoms with Gasteiger partial charge in [-0.15, -0.1) is 0 Å². The van der Waals surface area contributed by atoms with Crippen molar-refractivity contribution in [1.29, 1.82) is 0 Å². The summed E-state index contributed by atoms with van der Waals surface area (Å²) in [6.45, 7) is 7.03. The minimum absolute atomic E-state index is 0.259. The summed E-state index contributed by atoms with van der Waals surface area (Å²) in [6, 6.07) is 8.75. The van der Waals surface area contributed by atoms with Crippen LogP contribution in [0.1, 0.15) is 43.7 Å². The molecule has 0 bridgehead atoms. The summed E-state index contributed by atoms with van der Waals surface area (Å²) in [5.41, 5.74) is 2.34. The van der Waals surface area contributed by atoms with Gasteiger partial charge in [0.2, 0.25) is 5.91 Å². The van der Waals surface area contributed by atoms with Gasteiger partial charge in [0.05, 0.1) is 6.42 Å². The standard InChI is InChI=1S/C18H28N2O/c1-3-11-20(14-17-9-4-5-10-19-17)18(21)13-16-8-6-7-15(2)12-16/h6-8,12,17,19H,3-5,9-11,13-14H2,1-2H3. The SMILES string of the molecule is CCCN(CC1CCCCN1)C(=O)Cc1cccc(C)c1. The van der Waals surface area contributed by atoms with Gasteiger partial charge in [0.15, 0.2) is 0 Å². The Balaban J connectivity index is 1.94. The predicted octanol–water partition coefficient (Wildman–Crippen LogP) is 2.92. The van der Waals surface area contributed by atoms with Crippen LogP contribution in [0.4, 0.5) is 0 Å². The van der Waals surface area contributed by atoms with Crippen molar-refractivity contribution in [3.05, 3.63) is 35.4 Å². The Bertz CT molecular complexity index is 452. The van der Waals surface area contributed by atoms with Gasteiger partial charge in [-0.1, -0.05) is 43.2 Å². The first-order valence-electron chi connectivity index (χ1n) is 8.25. The molecule has 1 unspecified atom stereocenters. The van der Waals surface area contributed by atoms with E-state index in [1.165, 1.54) is 24.8 Å². The maximum Gasteiger partial charge on any atom is 0.227 e. The van der Waals surface area contributed by atoms with E-state index in [1.807, 2.05) is 17.0 Å². The summed E-state index contributed by atoms with van der Waals surface area (Å²) < 4.78 is 0. The highest BCUT2D eigenvalue weighted by molar-refractivity contribution is 5.78. The van der Waals surface area contributed by atoms with Crippen LogP contribution in [-0.4, -0.2) is 36.5 Å². The van der Waals surface area contributed by atoms with E-state index in [-0.39, 0.29) is 5.91 Å². The Hall–Kier alpha value is -1.35. The lowest BCUT2D eigenvalue weighted by atomic mass is 10.0. The number of piperidine rings is 1. The van der Waals surface area contributed by atoms with Crippen LogP contribution in [0.25, 0.3) is 0 Å². The molecule has 1 saturated heterocycles. The van der Waals surface area contributed by atoms with Crippen LogP contribution < -0.4 is 5.32 Å². The van der Waals surface area contributed by atoms with Crippen molar-refractivity contribution in [2.75, 3.05) is 19.6 Å². The van der Waals surface area contributed by atoms with E-state index in [4.69, 9.17) is 0 Å². The van der Waals surface area contributed by atoms with E-state index >= 15 is 0 Å². The average Bonchev–Trinajstić information content (AvgIpc) is 2.48. The number of benzene rings is 1. The molecule has 1 N–H and O–H groups in total. The normalized spacial score (nSPS) is 18.5. The first kappa shape index (κ1) is 16.0. The average molecular weight is 288 g/mol. The summed E-state index contributed by atoms with van der Waals surface area (Å²) in [4.78, 5) is 14.6. The Morgan fingerprint density at radius 3 is 2.90 bits per heavy atom. The highest BCUT2D eigenvalue weighted by Gasteiger charge is 2.20. The Morgan fingerprint density at radius 1 is 1.38 bits per heavy atom. The van der Waals surface area contributed by atoms with Crippen molar-refractivity contribution in [2.24, 2.45) is 0 Å². The van der Waals surface area contributed by atoms with Gasteiger partial charge in [0.25, 0.3) is 0 Å².